The Balaban J connectivity index is 2.08. The van der Waals surface area contributed by atoms with Crippen LogP contribution in [0.5, 0.6) is 5.75 Å². The van der Waals surface area contributed by atoms with E-state index in [9.17, 15) is 0 Å². The Hall–Kier alpha value is -1.45. The van der Waals surface area contributed by atoms with Crippen molar-refractivity contribution in [3.05, 3.63) is 52.3 Å². The van der Waals surface area contributed by atoms with Crippen LogP contribution in [0.2, 0.25) is 10.0 Å². The van der Waals surface area contributed by atoms with Crippen molar-refractivity contribution in [2.45, 2.75) is 6.61 Å². The molecule has 2 rings (SSSR count). The maximum absolute atomic E-state index is 5.96. The number of pyridine rings is 1. The summed E-state index contributed by atoms with van der Waals surface area (Å²) in [5, 5.41) is 1.05. The average Bonchev–Trinajstić information content (AvgIpc) is 2.32. The van der Waals surface area contributed by atoms with Gasteiger partial charge < -0.3 is 10.5 Å². The molecule has 0 unspecified atom stereocenters. The van der Waals surface area contributed by atoms with Gasteiger partial charge in [0.15, 0.2) is 0 Å². The predicted octanol–water partition coefficient (Wildman–Crippen LogP) is 3.55. The number of benzene rings is 1. The smallest absolute Gasteiger partial charge is 0.121 e. The molecule has 0 atom stereocenters. The first-order chi connectivity index (χ1) is 8.16. The van der Waals surface area contributed by atoms with Gasteiger partial charge in [0.2, 0.25) is 0 Å². The Morgan fingerprint density at radius 2 is 2.00 bits per heavy atom. The summed E-state index contributed by atoms with van der Waals surface area (Å²) in [7, 11) is 0. The highest BCUT2D eigenvalue weighted by Gasteiger charge is 2.02. The van der Waals surface area contributed by atoms with Gasteiger partial charge in [0, 0.05) is 24.0 Å². The molecule has 1 aromatic heterocycles. The van der Waals surface area contributed by atoms with Crippen molar-refractivity contribution in [2.75, 3.05) is 5.73 Å². The molecule has 3 nitrogen and oxygen atoms in total. The van der Waals surface area contributed by atoms with E-state index in [4.69, 9.17) is 33.7 Å². The van der Waals surface area contributed by atoms with E-state index >= 15 is 0 Å². The summed E-state index contributed by atoms with van der Waals surface area (Å²) in [5.41, 5.74) is 7.00. The summed E-state index contributed by atoms with van der Waals surface area (Å²) in [6.07, 6.45) is 3.25. The van der Waals surface area contributed by atoms with Crippen LogP contribution in [0.3, 0.4) is 0 Å². The van der Waals surface area contributed by atoms with E-state index in [0.717, 1.165) is 5.56 Å². The van der Waals surface area contributed by atoms with E-state index in [0.29, 0.717) is 28.1 Å². The SMILES string of the molecule is Nc1ccc(OCc2ccncc2Cl)cc1Cl. The highest BCUT2D eigenvalue weighted by molar-refractivity contribution is 6.33. The molecule has 0 bridgehead atoms. The van der Waals surface area contributed by atoms with Gasteiger partial charge in [-0.15, -0.1) is 0 Å². The largest absolute Gasteiger partial charge is 0.489 e. The fourth-order valence-corrected chi connectivity index (χ4v) is 1.62. The van der Waals surface area contributed by atoms with Crippen LogP contribution >= 0.6 is 23.2 Å². The highest BCUT2D eigenvalue weighted by atomic mass is 35.5. The Labute approximate surface area is 109 Å². The van der Waals surface area contributed by atoms with Gasteiger partial charge in [0.05, 0.1) is 15.7 Å². The first kappa shape index (κ1) is 12.0. The molecule has 0 saturated heterocycles. The maximum atomic E-state index is 5.96. The molecule has 5 heteroatoms. The second-order valence-electron chi connectivity index (χ2n) is 3.44. The first-order valence-electron chi connectivity index (χ1n) is 4.93. The summed E-state index contributed by atoms with van der Waals surface area (Å²) in [5.74, 6) is 0.650. The Kier molecular flexibility index (Phi) is 3.71. The van der Waals surface area contributed by atoms with E-state index < -0.39 is 0 Å². The quantitative estimate of drug-likeness (QED) is 0.867. The van der Waals surface area contributed by atoms with Gasteiger partial charge in [0.1, 0.15) is 12.4 Å². The van der Waals surface area contributed by atoms with Crippen molar-refractivity contribution in [3.8, 4) is 5.75 Å². The van der Waals surface area contributed by atoms with Crippen molar-refractivity contribution in [1.82, 2.24) is 4.98 Å². The van der Waals surface area contributed by atoms with Crippen LogP contribution in [0.25, 0.3) is 0 Å². The molecule has 2 N–H and O–H groups in total. The van der Waals surface area contributed by atoms with Crippen molar-refractivity contribution < 1.29 is 4.74 Å². The monoisotopic (exact) mass is 268 g/mol. The van der Waals surface area contributed by atoms with Crippen molar-refractivity contribution in [3.63, 3.8) is 0 Å². The zero-order valence-corrected chi connectivity index (χ0v) is 10.4. The summed E-state index contributed by atoms with van der Waals surface area (Å²) in [6.45, 7) is 0.363. The topological polar surface area (TPSA) is 48.1 Å². The molecule has 0 fully saturated rings. The maximum Gasteiger partial charge on any atom is 0.121 e. The molecule has 0 spiro atoms. The van der Waals surface area contributed by atoms with Crippen molar-refractivity contribution in [2.24, 2.45) is 0 Å². The number of nitrogen functional groups attached to an aromatic ring is 1. The molecule has 0 radical (unpaired) electrons. The lowest BCUT2D eigenvalue weighted by atomic mass is 10.3. The molecule has 0 aliphatic heterocycles. The van der Waals surface area contributed by atoms with Crippen LogP contribution < -0.4 is 10.5 Å². The van der Waals surface area contributed by atoms with Gasteiger partial charge in [-0.1, -0.05) is 23.2 Å². The van der Waals surface area contributed by atoms with Crippen molar-refractivity contribution >= 4 is 28.9 Å². The molecule has 0 amide bonds. The summed E-state index contributed by atoms with van der Waals surface area (Å²) in [4.78, 5) is 3.90. The number of rotatable bonds is 3. The summed E-state index contributed by atoms with van der Waals surface area (Å²) >= 11 is 11.8. The minimum atomic E-state index is 0.363. The average molecular weight is 269 g/mol. The fraction of sp³-hybridized carbons (Fsp3) is 0.0833. The molecule has 88 valence electrons. The van der Waals surface area contributed by atoms with E-state index in [1.807, 2.05) is 0 Å². The lowest BCUT2D eigenvalue weighted by Gasteiger charge is -2.08. The predicted molar refractivity (Wildman–Crippen MR) is 69.4 cm³/mol. The number of anilines is 1. The number of nitrogens with two attached hydrogens (primary N) is 1. The summed E-state index contributed by atoms with van der Waals surface area (Å²) in [6, 6.07) is 6.94. The standard InChI is InChI=1S/C12H10Cl2N2O/c13-10-5-9(1-2-12(10)15)17-7-8-3-4-16-6-11(8)14/h1-6H,7,15H2. The molecule has 2 aromatic rings. The number of halogens is 2. The van der Waals surface area contributed by atoms with Gasteiger partial charge in [0.25, 0.3) is 0 Å². The Bertz CT molecular complexity index is 532. The minimum Gasteiger partial charge on any atom is -0.489 e. The number of aromatic nitrogens is 1. The van der Waals surface area contributed by atoms with Gasteiger partial charge in [-0.25, -0.2) is 0 Å². The van der Waals surface area contributed by atoms with Crippen LogP contribution in [-0.2, 0) is 6.61 Å². The van der Waals surface area contributed by atoms with Crippen LogP contribution in [0.4, 0.5) is 5.69 Å². The van der Waals surface area contributed by atoms with Crippen molar-refractivity contribution in [1.29, 1.82) is 0 Å². The number of hydrogen-bond donors (Lipinski definition) is 1. The zero-order chi connectivity index (χ0) is 12.3. The Morgan fingerprint density at radius 1 is 1.18 bits per heavy atom. The number of nitrogens with zero attached hydrogens (tertiary/aromatic N) is 1. The lowest BCUT2D eigenvalue weighted by Crippen LogP contribution is -1.97. The third-order valence-electron chi connectivity index (χ3n) is 2.22. The van der Waals surface area contributed by atoms with Crippen LogP contribution in [0.1, 0.15) is 5.56 Å². The van der Waals surface area contributed by atoms with Gasteiger partial charge >= 0.3 is 0 Å². The molecule has 1 heterocycles. The highest BCUT2D eigenvalue weighted by Crippen LogP contribution is 2.25. The Morgan fingerprint density at radius 3 is 2.71 bits per heavy atom. The minimum absolute atomic E-state index is 0.363. The summed E-state index contributed by atoms with van der Waals surface area (Å²) < 4.78 is 5.56. The second-order valence-corrected chi connectivity index (χ2v) is 4.25. The third kappa shape index (κ3) is 3.02. The van der Waals surface area contributed by atoms with Gasteiger partial charge in [-0.3, -0.25) is 4.98 Å². The molecular formula is C12H10Cl2N2O. The van der Waals surface area contributed by atoms with Crippen LogP contribution in [0, 0.1) is 0 Å². The number of ether oxygens (including phenoxy) is 1. The molecule has 0 aliphatic rings. The first-order valence-corrected chi connectivity index (χ1v) is 5.68. The van der Waals surface area contributed by atoms with E-state index in [-0.39, 0.29) is 0 Å². The van der Waals surface area contributed by atoms with E-state index in [2.05, 4.69) is 4.98 Å². The molecule has 0 saturated carbocycles. The van der Waals surface area contributed by atoms with E-state index in [1.165, 1.54) is 0 Å². The van der Waals surface area contributed by atoms with Crippen LogP contribution in [-0.4, -0.2) is 4.98 Å². The fourth-order valence-electron chi connectivity index (χ4n) is 1.28. The molecular weight excluding hydrogens is 259 g/mol. The van der Waals surface area contributed by atoms with E-state index in [1.54, 1.807) is 36.7 Å². The van der Waals surface area contributed by atoms with Gasteiger partial charge in [-0.2, -0.15) is 0 Å². The third-order valence-corrected chi connectivity index (χ3v) is 2.89. The van der Waals surface area contributed by atoms with Gasteiger partial charge in [-0.05, 0) is 18.2 Å². The molecule has 1 aromatic carbocycles. The lowest BCUT2D eigenvalue weighted by molar-refractivity contribution is 0.306. The van der Waals surface area contributed by atoms with Crippen LogP contribution in [0.15, 0.2) is 36.7 Å². The normalized spacial score (nSPS) is 10.2. The molecule has 17 heavy (non-hydrogen) atoms. The molecule has 0 aliphatic carbocycles. The zero-order valence-electron chi connectivity index (χ0n) is 8.86. The number of hydrogen-bond acceptors (Lipinski definition) is 3. The second kappa shape index (κ2) is 5.25.